The van der Waals surface area contributed by atoms with Crippen molar-refractivity contribution in [3.63, 3.8) is 0 Å². The van der Waals surface area contributed by atoms with Gasteiger partial charge < -0.3 is 14.2 Å². The fourth-order valence-corrected chi connectivity index (χ4v) is 11.2. The van der Waals surface area contributed by atoms with Crippen LogP contribution in [0.3, 0.4) is 0 Å². The van der Waals surface area contributed by atoms with E-state index in [4.69, 9.17) is 14.2 Å². The summed E-state index contributed by atoms with van der Waals surface area (Å²) in [6.45, 7) is 6.61. The minimum atomic E-state index is -0.770. The summed E-state index contributed by atoms with van der Waals surface area (Å²) >= 11 is 0. The Hall–Kier alpha value is -2.63. The van der Waals surface area contributed by atoms with Crippen molar-refractivity contribution in [3.8, 4) is 0 Å². The standard InChI is InChI=1S/C77H142O6/c1-4-7-10-13-15-17-19-21-23-25-27-29-31-33-35-36-37-38-39-40-42-43-45-47-49-51-53-55-57-59-61-64-67-70-76(79)82-73-74(72-81-75(78)69-66-63-12-9-6-3)83-77(80)71-68-65-62-60-58-56-54-52-50-48-46-44-41-34-32-30-28-26-24-22-20-18-16-14-11-8-5-2/h20,22,25-28,32,34,74H,4-19,21,23-24,29-31,33,35-73H2,1-3H3/b22-20-,27-25-,28-26-,34-32-. The van der Waals surface area contributed by atoms with Crippen LogP contribution in [-0.4, -0.2) is 37.2 Å². The van der Waals surface area contributed by atoms with Gasteiger partial charge in [0, 0.05) is 19.3 Å². The lowest BCUT2D eigenvalue weighted by atomic mass is 10.0. The lowest BCUT2D eigenvalue weighted by Crippen LogP contribution is -2.30. The van der Waals surface area contributed by atoms with Gasteiger partial charge in [0.05, 0.1) is 0 Å². The molecule has 0 aromatic carbocycles. The highest BCUT2D eigenvalue weighted by Gasteiger charge is 2.19. The fraction of sp³-hybridized carbons (Fsp3) is 0.857. The highest BCUT2D eigenvalue weighted by atomic mass is 16.6. The number of esters is 3. The monoisotopic (exact) mass is 1160 g/mol. The average molecular weight is 1160 g/mol. The lowest BCUT2D eigenvalue weighted by molar-refractivity contribution is -0.167. The number of carbonyl (C=O) groups excluding carboxylic acids is 3. The van der Waals surface area contributed by atoms with Crippen LogP contribution < -0.4 is 0 Å². The van der Waals surface area contributed by atoms with E-state index in [1.54, 1.807) is 0 Å². The molecular formula is C77H142O6. The van der Waals surface area contributed by atoms with Gasteiger partial charge in [-0.3, -0.25) is 14.4 Å². The summed E-state index contributed by atoms with van der Waals surface area (Å²) in [4.78, 5) is 38.1. The molecule has 0 aliphatic rings. The van der Waals surface area contributed by atoms with Crippen LogP contribution in [0.15, 0.2) is 48.6 Å². The number of hydrogen-bond acceptors (Lipinski definition) is 6. The fourth-order valence-electron chi connectivity index (χ4n) is 11.2. The maximum atomic E-state index is 12.9. The van der Waals surface area contributed by atoms with Gasteiger partial charge in [-0.2, -0.15) is 0 Å². The van der Waals surface area contributed by atoms with Crippen molar-refractivity contribution in [3.05, 3.63) is 48.6 Å². The normalized spacial score (nSPS) is 12.3. The van der Waals surface area contributed by atoms with E-state index in [1.165, 1.54) is 289 Å². The molecule has 1 atom stereocenters. The quantitative estimate of drug-likeness (QED) is 0.0261. The number of allylic oxidation sites excluding steroid dienone is 8. The van der Waals surface area contributed by atoms with Gasteiger partial charge in [0.15, 0.2) is 6.10 Å². The van der Waals surface area contributed by atoms with E-state index in [0.29, 0.717) is 19.3 Å². The van der Waals surface area contributed by atoms with Crippen LogP contribution in [0.1, 0.15) is 406 Å². The molecular weight excluding hydrogens is 1020 g/mol. The van der Waals surface area contributed by atoms with E-state index < -0.39 is 6.10 Å². The summed E-state index contributed by atoms with van der Waals surface area (Å²) in [6, 6.07) is 0. The van der Waals surface area contributed by atoms with Crippen LogP contribution in [0, 0.1) is 0 Å². The van der Waals surface area contributed by atoms with E-state index in [9.17, 15) is 14.4 Å². The molecule has 0 saturated carbocycles. The molecule has 0 aliphatic heterocycles. The van der Waals surface area contributed by atoms with Crippen molar-refractivity contribution in [2.75, 3.05) is 13.2 Å². The largest absolute Gasteiger partial charge is 0.462 e. The number of hydrogen-bond donors (Lipinski definition) is 0. The molecule has 0 spiro atoms. The maximum absolute atomic E-state index is 12.9. The summed E-state index contributed by atoms with van der Waals surface area (Å²) in [7, 11) is 0. The number of unbranched alkanes of at least 4 members (excludes halogenated alkanes) is 50. The minimum Gasteiger partial charge on any atom is -0.462 e. The molecule has 0 aromatic rings. The lowest BCUT2D eigenvalue weighted by Gasteiger charge is -2.18. The predicted molar refractivity (Wildman–Crippen MR) is 362 cm³/mol. The van der Waals surface area contributed by atoms with Crippen molar-refractivity contribution < 1.29 is 28.6 Å². The van der Waals surface area contributed by atoms with Gasteiger partial charge in [0.2, 0.25) is 0 Å². The Balaban J connectivity index is 3.90. The van der Waals surface area contributed by atoms with Gasteiger partial charge >= 0.3 is 17.9 Å². The molecule has 0 heterocycles. The highest BCUT2D eigenvalue weighted by Crippen LogP contribution is 2.19. The molecule has 0 rings (SSSR count). The van der Waals surface area contributed by atoms with E-state index in [-0.39, 0.29) is 31.1 Å². The zero-order valence-corrected chi connectivity index (χ0v) is 56.0. The third kappa shape index (κ3) is 70.0. The van der Waals surface area contributed by atoms with E-state index in [1.807, 2.05) is 0 Å². The third-order valence-corrected chi connectivity index (χ3v) is 16.8. The first-order valence-electron chi connectivity index (χ1n) is 37.1. The van der Waals surface area contributed by atoms with Crippen LogP contribution in [0.4, 0.5) is 0 Å². The van der Waals surface area contributed by atoms with Crippen LogP contribution >= 0.6 is 0 Å². The van der Waals surface area contributed by atoms with Crippen molar-refractivity contribution in [2.24, 2.45) is 0 Å². The van der Waals surface area contributed by atoms with E-state index in [2.05, 4.69) is 69.4 Å². The minimum absolute atomic E-state index is 0.0694. The first-order valence-corrected chi connectivity index (χ1v) is 37.1. The number of rotatable bonds is 69. The number of ether oxygens (including phenoxy) is 3. The second kappa shape index (κ2) is 71.8. The van der Waals surface area contributed by atoms with E-state index >= 15 is 0 Å². The van der Waals surface area contributed by atoms with Crippen molar-refractivity contribution >= 4 is 17.9 Å². The Morgan fingerprint density at radius 1 is 0.241 bits per heavy atom. The van der Waals surface area contributed by atoms with Crippen molar-refractivity contribution in [1.29, 1.82) is 0 Å². The second-order valence-corrected chi connectivity index (χ2v) is 25.2. The SMILES string of the molecule is CCCCCCC/C=C\C/C=C\C/C=C\CCCCCCCCCCCCCCC(=O)OC(COC(=O)CCCCCCC)COC(=O)CCCCCCCCCCCCCCCCCCCCCCC/C=C\CCCCCCCCCC. The van der Waals surface area contributed by atoms with Gasteiger partial charge in [-0.1, -0.05) is 352 Å². The Morgan fingerprint density at radius 3 is 0.687 bits per heavy atom. The smallest absolute Gasteiger partial charge is 0.306 e. The summed E-state index contributed by atoms with van der Waals surface area (Å²) in [5.74, 6) is -0.862. The molecule has 0 N–H and O–H groups in total. The molecule has 1 unspecified atom stereocenters. The molecule has 0 fully saturated rings. The highest BCUT2D eigenvalue weighted by molar-refractivity contribution is 5.71. The van der Waals surface area contributed by atoms with Crippen LogP contribution in [0.2, 0.25) is 0 Å². The Kier molecular flexibility index (Phi) is 69.6. The topological polar surface area (TPSA) is 78.9 Å². The Bertz CT molecular complexity index is 1430. The molecule has 486 valence electrons. The Labute approximate surface area is 518 Å². The van der Waals surface area contributed by atoms with Crippen LogP contribution in [0.5, 0.6) is 0 Å². The van der Waals surface area contributed by atoms with E-state index in [0.717, 1.165) is 77.0 Å². The van der Waals surface area contributed by atoms with Crippen molar-refractivity contribution in [2.45, 2.75) is 412 Å². The summed E-state index contributed by atoms with van der Waals surface area (Å²) in [5, 5.41) is 0. The van der Waals surface area contributed by atoms with Gasteiger partial charge in [0.1, 0.15) is 13.2 Å². The maximum Gasteiger partial charge on any atom is 0.306 e. The number of carbonyl (C=O) groups is 3. The molecule has 6 heteroatoms. The molecule has 83 heavy (non-hydrogen) atoms. The molecule has 0 saturated heterocycles. The second-order valence-electron chi connectivity index (χ2n) is 25.2. The average Bonchev–Trinajstić information content (AvgIpc) is 3.49. The molecule has 0 aliphatic carbocycles. The first-order chi connectivity index (χ1) is 41.0. The molecule has 0 radical (unpaired) electrons. The van der Waals surface area contributed by atoms with Gasteiger partial charge in [-0.25, -0.2) is 0 Å². The third-order valence-electron chi connectivity index (χ3n) is 16.8. The molecule has 0 bridgehead atoms. The molecule has 0 aromatic heterocycles. The van der Waals surface area contributed by atoms with Crippen LogP contribution in [0.25, 0.3) is 0 Å². The summed E-state index contributed by atoms with van der Waals surface area (Å²) < 4.78 is 16.8. The van der Waals surface area contributed by atoms with Gasteiger partial charge in [0.25, 0.3) is 0 Å². The zero-order chi connectivity index (χ0) is 59.9. The zero-order valence-electron chi connectivity index (χ0n) is 56.0. The first kappa shape index (κ1) is 80.4. The van der Waals surface area contributed by atoms with Gasteiger partial charge in [-0.15, -0.1) is 0 Å². The molecule has 6 nitrogen and oxygen atoms in total. The van der Waals surface area contributed by atoms with Gasteiger partial charge in [-0.05, 0) is 83.5 Å². The Morgan fingerprint density at radius 2 is 0.434 bits per heavy atom. The predicted octanol–water partition coefficient (Wildman–Crippen LogP) is 25.7. The van der Waals surface area contributed by atoms with Crippen molar-refractivity contribution in [1.82, 2.24) is 0 Å². The summed E-state index contributed by atoms with van der Waals surface area (Å²) in [6.07, 6.45) is 92.2. The summed E-state index contributed by atoms with van der Waals surface area (Å²) in [5.41, 5.74) is 0. The molecule has 0 amide bonds. The van der Waals surface area contributed by atoms with Crippen LogP contribution in [-0.2, 0) is 28.6 Å².